The van der Waals surface area contributed by atoms with Gasteiger partial charge in [0.15, 0.2) is 5.43 Å². The van der Waals surface area contributed by atoms with Gasteiger partial charge in [-0.2, -0.15) is 4.37 Å². The van der Waals surface area contributed by atoms with Gasteiger partial charge in [0.05, 0.1) is 10.9 Å². The van der Waals surface area contributed by atoms with Gasteiger partial charge in [0.2, 0.25) is 0 Å². The van der Waals surface area contributed by atoms with Crippen LogP contribution in [-0.4, -0.2) is 8.75 Å². The molecular weight excluding hydrogens is 196 g/mol. The first kappa shape index (κ1) is 7.70. The van der Waals surface area contributed by atoms with Crippen molar-refractivity contribution in [2.45, 2.75) is 0 Å². The molecule has 0 aliphatic rings. The van der Waals surface area contributed by atoms with Crippen molar-refractivity contribution in [1.29, 1.82) is 0 Å². The number of H-pyrrole nitrogens is 1. The topological polar surface area (TPSA) is 45.8 Å². The zero-order valence-corrected chi connectivity index (χ0v) is 7.97. The zero-order valence-electron chi connectivity index (χ0n) is 7.15. The molecule has 1 heterocycles. The normalized spacial score (nSPS) is 11.1. The Morgan fingerprint density at radius 1 is 1.21 bits per heavy atom. The van der Waals surface area contributed by atoms with Gasteiger partial charge >= 0.3 is 0 Å². The Hall–Kier alpha value is -1.68. The van der Waals surface area contributed by atoms with Crippen molar-refractivity contribution in [2.24, 2.45) is 0 Å². The van der Waals surface area contributed by atoms with Gasteiger partial charge in [0.1, 0.15) is 5.52 Å². The predicted octanol–water partition coefficient (Wildman–Crippen LogP) is 2.14. The molecule has 1 N–H and O–H groups in total. The summed E-state index contributed by atoms with van der Waals surface area (Å²) in [5, 5.41) is 1.69. The van der Waals surface area contributed by atoms with Crippen LogP contribution < -0.4 is 5.43 Å². The lowest BCUT2D eigenvalue weighted by Crippen LogP contribution is -1.98. The Labute approximate surface area is 83.3 Å². The predicted molar refractivity (Wildman–Crippen MR) is 57.7 cm³/mol. The largest absolute Gasteiger partial charge is 0.293 e. The Morgan fingerprint density at radius 2 is 2.14 bits per heavy atom. The van der Waals surface area contributed by atoms with Crippen molar-refractivity contribution >= 4 is 33.5 Å². The molecule has 3 nitrogen and oxygen atoms in total. The first-order valence-electron chi connectivity index (χ1n) is 4.22. The molecule has 14 heavy (non-hydrogen) atoms. The molecule has 1 aromatic heterocycles. The third-order valence-electron chi connectivity index (χ3n) is 2.28. The van der Waals surface area contributed by atoms with E-state index >= 15 is 0 Å². The van der Waals surface area contributed by atoms with E-state index in [-0.39, 0.29) is 5.43 Å². The summed E-state index contributed by atoms with van der Waals surface area (Å²) in [5.74, 6) is 0. The maximum Gasteiger partial charge on any atom is 0.188 e. The van der Waals surface area contributed by atoms with E-state index < -0.39 is 0 Å². The lowest BCUT2D eigenvalue weighted by Gasteiger charge is -1.95. The van der Waals surface area contributed by atoms with Crippen molar-refractivity contribution in [1.82, 2.24) is 8.75 Å². The molecule has 0 saturated carbocycles. The van der Waals surface area contributed by atoms with E-state index in [1.54, 1.807) is 12.1 Å². The summed E-state index contributed by atoms with van der Waals surface area (Å²) in [5.41, 5.74) is 1.74. The molecule has 0 atom stereocenters. The van der Waals surface area contributed by atoms with Crippen LogP contribution >= 0.6 is 11.7 Å². The fraction of sp³-hybridized carbons (Fsp3) is 0. The van der Waals surface area contributed by atoms with Gasteiger partial charge in [-0.25, -0.2) is 0 Å². The van der Waals surface area contributed by atoms with Gasteiger partial charge in [0.25, 0.3) is 0 Å². The van der Waals surface area contributed by atoms with Crippen molar-refractivity contribution in [3.63, 3.8) is 0 Å². The molecule has 0 aliphatic heterocycles. The quantitative estimate of drug-likeness (QED) is 0.607. The Balaban J connectivity index is 2.74. The van der Waals surface area contributed by atoms with E-state index in [0.29, 0.717) is 0 Å². The number of hydrogen-bond acceptors (Lipinski definition) is 3. The SMILES string of the molecule is O=c1cccc2ccc3ns[nH]c3c12. The highest BCUT2D eigenvalue weighted by molar-refractivity contribution is 7.00. The number of rotatable bonds is 0. The summed E-state index contributed by atoms with van der Waals surface area (Å²) in [6.07, 6.45) is 0. The molecule has 3 aromatic rings. The number of nitrogens with zero attached hydrogens (tertiary/aromatic N) is 1. The second-order valence-electron chi connectivity index (χ2n) is 3.10. The highest BCUT2D eigenvalue weighted by Gasteiger charge is 2.04. The van der Waals surface area contributed by atoms with E-state index in [0.717, 1.165) is 21.8 Å². The maximum absolute atomic E-state index is 11.6. The van der Waals surface area contributed by atoms with Crippen LogP contribution in [0.1, 0.15) is 0 Å². The van der Waals surface area contributed by atoms with Crippen LogP contribution in [0, 0.1) is 0 Å². The number of aromatic nitrogens is 2. The third-order valence-corrected chi connectivity index (χ3v) is 2.86. The molecule has 3 rings (SSSR count). The number of fused-ring (bicyclic) bond motifs is 3. The number of benzene rings is 2. The summed E-state index contributed by atoms with van der Waals surface area (Å²) in [6, 6.07) is 9.13. The lowest BCUT2D eigenvalue weighted by molar-refractivity contribution is 1.63. The van der Waals surface area contributed by atoms with Crippen molar-refractivity contribution < 1.29 is 0 Å². The van der Waals surface area contributed by atoms with Crippen LogP contribution in [-0.2, 0) is 0 Å². The van der Waals surface area contributed by atoms with Crippen molar-refractivity contribution in [3.8, 4) is 0 Å². The number of nitrogens with one attached hydrogen (secondary N) is 1. The highest BCUT2D eigenvalue weighted by Crippen LogP contribution is 2.20. The number of aromatic amines is 1. The maximum atomic E-state index is 11.6. The second kappa shape index (κ2) is 2.65. The monoisotopic (exact) mass is 202 g/mol. The van der Waals surface area contributed by atoms with Crippen LogP contribution in [0.4, 0.5) is 0 Å². The molecule has 0 fully saturated rings. The molecule has 4 heteroatoms. The van der Waals surface area contributed by atoms with Crippen LogP contribution in [0.25, 0.3) is 21.8 Å². The van der Waals surface area contributed by atoms with E-state index in [2.05, 4.69) is 8.75 Å². The van der Waals surface area contributed by atoms with E-state index in [1.165, 1.54) is 11.7 Å². The van der Waals surface area contributed by atoms with Gasteiger partial charge in [-0.05, 0) is 17.5 Å². The van der Waals surface area contributed by atoms with Crippen LogP contribution in [0.3, 0.4) is 0 Å². The van der Waals surface area contributed by atoms with Crippen LogP contribution in [0.2, 0.25) is 0 Å². The Bertz CT molecular complexity index is 668. The van der Waals surface area contributed by atoms with E-state index in [1.807, 2.05) is 18.2 Å². The molecule has 0 saturated heterocycles. The fourth-order valence-electron chi connectivity index (χ4n) is 1.63. The minimum Gasteiger partial charge on any atom is -0.293 e. The third kappa shape index (κ3) is 0.914. The standard InChI is InChI=1S/C10H6N2OS/c13-8-3-1-2-6-4-5-7-10(9(6)8)12-14-11-7/h1-5,12H. The smallest absolute Gasteiger partial charge is 0.188 e. The van der Waals surface area contributed by atoms with Gasteiger partial charge in [-0.1, -0.05) is 18.2 Å². The van der Waals surface area contributed by atoms with Gasteiger partial charge in [0, 0.05) is 11.7 Å². The fourth-order valence-corrected chi connectivity index (χ4v) is 2.23. The summed E-state index contributed by atoms with van der Waals surface area (Å²) in [7, 11) is 0. The van der Waals surface area contributed by atoms with Gasteiger partial charge in [-0.15, -0.1) is 0 Å². The van der Waals surface area contributed by atoms with Crippen LogP contribution in [0.5, 0.6) is 0 Å². The molecule has 0 radical (unpaired) electrons. The summed E-state index contributed by atoms with van der Waals surface area (Å²) >= 11 is 1.26. The molecule has 0 unspecified atom stereocenters. The Kier molecular flexibility index (Phi) is 1.46. The van der Waals surface area contributed by atoms with Crippen LogP contribution in [0.15, 0.2) is 35.1 Å². The first-order chi connectivity index (χ1) is 6.86. The van der Waals surface area contributed by atoms with Gasteiger partial charge in [-0.3, -0.25) is 9.17 Å². The summed E-state index contributed by atoms with van der Waals surface area (Å²) < 4.78 is 7.19. The number of hydrogen-bond donors (Lipinski definition) is 1. The molecule has 0 spiro atoms. The average molecular weight is 202 g/mol. The summed E-state index contributed by atoms with van der Waals surface area (Å²) in [4.78, 5) is 11.6. The molecule has 2 aromatic carbocycles. The Morgan fingerprint density at radius 3 is 3.07 bits per heavy atom. The minimum atomic E-state index is 0.0459. The second-order valence-corrected chi connectivity index (χ2v) is 3.67. The molecule has 0 aliphatic carbocycles. The van der Waals surface area contributed by atoms with Crippen molar-refractivity contribution in [2.75, 3.05) is 0 Å². The minimum absolute atomic E-state index is 0.0459. The highest BCUT2D eigenvalue weighted by atomic mass is 32.1. The summed E-state index contributed by atoms with van der Waals surface area (Å²) in [6.45, 7) is 0. The first-order valence-corrected chi connectivity index (χ1v) is 4.99. The zero-order chi connectivity index (χ0) is 9.54. The van der Waals surface area contributed by atoms with Crippen molar-refractivity contribution in [3.05, 3.63) is 40.6 Å². The van der Waals surface area contributed by atoms with E-state index in [4.69, 9.17) is 0 Å². The molecule has 0 bridgehead atoms. The molecule has 0 amide bonds. The molecule has 68 valence electrons. The van der Waals surface area contributed by atoms with E-state index in [9.17, 15) is 4.79 Å². The average Bonchev–Trinajstić information content (AvgIpc) is 2.65. The molecular formula is C10H6N2OS. The van der Waals surface area contributed by atoms with Gasteiger partial charge < -0.3 is 0 Å². The lowest BCUT2D eigenvalue weighted by atomic mass is 10.1.